The predicted molar refractivity (Wildman–Crippen MR) is 83.0 cm³/mol. The van der Waals surface area contributed by atoms with Crippen LogP contribution in [0.4, 0.5) is 0 Å². The van der Waals surface area contributed by atoms with Crippen LogP contribution >= 0.6 is 0 Å². The Morgan fingerprint density at radius 3 is 1.10 bits per heavy atom. The molecule has 0 spiro atoms. The molecule has 3 N–H and O–H groups in total. The standard InChI is InChI=1S/C7H7.3C3H8O.Ti/c1-7-5-3-2-4-6-7;3*1-2-3-4;/h2-6H,1H2;3*4H,2-3H2,1H3;/q-1;;;;. The molecule has 3 nitrogen and oxygen atoms in total. The summed E-state index contributed by atoms with van der Waals surface area (Å²) >= 11 is 0. The van der Waals surface area contributed by atoms with E-state index in [1.54, 1.807) is 0 Å². The maximum atomic E-state index is 7.88. The molecular formula is C16H31O3Ti-. The van der Waals surface area contributed by atoms with Crippen molar-refractivity contribution in [2.75, 3.05) is 19.8 Å². The summed E-state index contributed by atoms with van der Waals surface area (Å²) in [7, 11) is 0. The molecular weight excluding hydrogens is 288 g/mol. The van der Waals surface area contributed by atoms with E-state index in [9.17, 15) is 0 Å². The second kappa shape index (κ2) is 31.2. The molecule has 20 heavy (non-hydrogen) atoms. The van der Waals surface area contributed by atoms with Crippen molar-refractivity contribution in [3.8, 4) is 0 Å². The van der Waals surface area contributed by atoms with Crippen LogP contribution < -0.4 is 0 Å². The van der Waals surface area contributed by atoms with Gasteiger partial charge in [-0.15, -0.1) is 12.1 Å². The van der Waals surface area contributed by atoms with Gasteiger partial charge in [-0.05, 0) is 19.3 Å². The third-order valence-corrected chi connectivity index (χ3v) is 1.51. The van der Waals surface area contributed by atoms with Crippen LogP contribution in [0.15, 0.2) is 30.3 Å². The fourth-order valence-corrected chi connectivity index (χ4v) is 0.478. The molecule has 0 atom stereocenters. The molecule has 1 aromatic rings. The maximum absolute atomic E-state index is 7.88. The van der Waals surface area contributed by atoms with Crippen molar-refractivity contribution in [1.82, 2.24) is 0 Å². The summed E-state index contributed by atoms with van der Waals surface area (Å²) < 4.78 is 0. The van der Waals surface area contributed by atoms with Gasteiger partial charge in [-0.2, -0.15) is 24.6 Å². The smallest absolute Gasteiger partial charge is 0.0428 e. The average Bonchev–Trinajstić information content (AvgIpc) is 2.48. The number of aliphatic hydroxyl groups excluding tert-OH is 3. The molecule has 0 bridgehead atoms. The Bertz CT molecular complexity index is 203. The van der Waals surface area contributed by atoms with Crippen molar-refractivity contribution in [1.29, 1.82) is 0 Å². The normalized spacial score (nSPS) is 7.50. The fraction of sp³-hybridized carbons (Fsp3) is 0.562. The van der Waals surface area contributed by atoms with Gasteiger partial charge < -0.3 is 15.3 Å². The van der Waals surface area contributed by atoms with Crippen LogP contribution in [0.3, 0.4) is 0 Å². The van der Waals surface area contributed by atoms with E-state index in [-0.39, 0.29) is 21.7 Å². The molecule has 0 amide bonds. The maximum Gasteiger partial charge on any atom is 0.0428 e. The van der Waals surface area contributed by atoms with Gasteiger partial charge in [0.1, 0.15) is 0 Å². The third-order valence-electron chi connectivity index (χ3n) is 1.51. The van der Waals surface area contributed by atoms with Gasteiger partial charge in [-0.25, -0.2) is 0 Å². The Labute approximate surface area is 139 Å². The molecule has 0 heterocycles. The molecule has 118 valence electrons. The van der Waals surface area contributed by atoms with Gasteiger partial charge in [0.2, 0.25) is 0 Å². The van der Waals surface area contributed by atoms with E-state index in [1.165, 1.54) is 0 Å². The van der Waals surface area contributed by atoms with Crippen molar-refractivity contribution in [3.63, 3.8) is 0 Å². The van der Waals surface area contributed by atoms with E-state index < -0.39 is 0 Å². The number of aliphatic hydroxyl groups is 3. The van der Waals surface area contributed by atoms with Gasteiger partial charge in [0, 0.05) is 41.5 Å². The Hall–Kier alpha value is -0.316. The summed E-state index contributed by atoms with van der Waals surface area (Å²) in [5.74, 6) is 0. The first-order valence-electron chi connectivity index (χ1n) is 6.83. The predicted octanol–water partition coefficient (Wildman–Crippen LogP) is 3.03. The summed E-state index contributed by atoms with van der Waals surface area (Å²) in [5.41, 5.74) is 1.07. The van der Waals surface area contributed by atoms with Crippen LogP contribution in [0.1, 0.15) is 45.6 Å². The number of rotatable bonds is 3. The van der Waals surface area contributed by atoms with Crippen molar-refractivity contribution in [2.45, 2.75) is 40.0 Å². The summed E-state index contributed by atoms with van der Waals surface area (Å²) in [6, 6.07) is 9.87. The molecule has 0 aliphatic heterocycles. The average molecular weight is 319 g/mol. The molecule has 0 aromatic heterocycles. The van der Waals surface area contributed by atoms with E-state index in [4.69, 9.17) is 15.3 Å². The van der Waals surface area contributed by atoms with Gasteiger partial charge in [0.05, 0.1) is 0 Å². The molecule has 0 saturated carbocycles. The molecule has 0 radical (unpaired) electrons. The van der Waals surface area contributed by atoms with Crippen LogP contribution in [0.25, 0.3) is 0 Å². The van der Waals surface area contributed by atoms with Gasteiger partial charge in [-0.1, -0.05) is 26.8 Å². The molecule has 0 fully saturated rings. The first-order chi connectivity index (χ1) is 9.14. The van der Waals surface area contributed by atoms with Crippen LogP contribution in [-0.2, 0) is 21.7 Å². The molecule has 0 aliphatic carbocycles. The number of benzene rings is 1. The first kappa shape index (κ1) is 27.9. The van der Waals surface area contributed by atoms with Crippen LogP contribution in [0.5, 0.6) is 0 Å². The SMILES string of the molecule is CCCO.CCCO.CCCO.[CH2-]c1ccccc1.[Ti]. The second-order valence-electron chi connectivity index (χ2n) is 3.66. The van der Waals surface area contributed by atoms with Crippen molar-refractivity contribution in [2.24, 2.45) is 0 Å². The summed E-state index contributed by atoms with van der Waals surface area (Å²) in [6.07, 6.45) is 2.62. The zero-order valence-electron chi connectivity index (χ0n) is 13.2. The van der Waals surface area contributed by atoms with E-state index in [0.717, 1.165) is 24.8 Å². The minimum atomic E-state index is 0. The molecule has 4 heteroatoms. The number of hydrogen-bond acceptors (Lipinski definition) is 3. The van der Waals surface area contributed by atoms with E-state index in [0.29, 0.717) is 19.8 Å². The first-order valence-corrected chi connectivity index (χ1v) is 6.83. The van der Waals surface area contributed by atoms with E-state index in [2.05, 4.69) is 6.92 Å². The molecule has 0 saturated heterocycles. The fourth-order valence-electron chi connectivity index (χ4n) is 0.478. The van der Waals surface area contributed by atoms with Crippen LogP contribution in [0.2, 0.25) is 0 Å². The van der Waals surface area contributed by atoms with Gasteiger partial charge in [-0.3, -0.25) is 0 Å². The Kier molecular flexibility index (Phi) is 43.6. The van der Waals surface area contributed by atoms with Crippen molar-refractivity contribution >= 4 is 0 Å². The third kappa shape index (κ3) is 43.1. The topological polar surface area (TPSA) is 60.7 Å². The molecule has 1 rings (SSSR count). The second-order valence-corrected chi connectivity index (χ2v) is 3.66. The van der Waals surface area contributed by atoms with Crippen molar-refractivity contribution in [3.05, 3.63) is 42.8 Å². The molecule has 1 aromatic carbocycles. The number of hydrogen-bond donors (Lipinski definition) is 3. The monoisotopic (exact) mass is 319 g/mol. The van der Waals surface area contributed by atoms with Gasteiger partial charge in [0.15, 0.2) is 0 Å². The minimum absolute atomic E-state index is 0. The minimum Gasteiger partial charge on any atom is -0.396 e. The van der Waals surface area contributed by atoms with E-state index in [1.807, 2.05) is 51.1 Å². The zero-order valence-corrected chi connectivity index (χ0v) is 14.7. The zero-order chi connectivity index (χ0) is 15.4. The summed E-state index contributed by atoms with van der Waals surface area (Å²) in [4.78, 5) is 0. The molecule has 0 aliphatic rings. The summed E-state index contributed by atoms with van der Waals surface area (Å²) in [5, 5.41) is 23.6. The Morgan fingerprint density at radius 1 is 0.750 bits per heavy atom. The van der Waals surface area contributed by atoms with Crippen LogP contribution in [-0.4, -0.2) is 35.1 Å². The van der Waals surface area contributed by atoms with Crippen LogP contribution in [0, 0.1) is 6.92 Å². The largest absolute Gasteiger partial charge is 0.396 e. The van der Waals surface area contributed by atoms with E-state index >= 15 is 0 Å². The summed E-state index contributed by atoms with van der Waals surface area (Å²) in [6.45, 7) is 10.5. The van der Waals surface area contributed by atoms with Gasteiger partial charge >= 0.3 is 0 Å². The van der Waals surface area contributed by atoms with Crippen molar-refractivity contribution < 1.29 is 37.0 Å². The molecule has 0 unspecified atom stereocenters. The van der Waals surface area contributed by atoms with Gasteiger partial charge in [0.25, 0.3) is 0 Å². The Morgan fingerprint density at radius 2 is 1.00 bits per heavy atom. The Balaban J connectivity index is -0.0000000881. The quantitative estimate of drug-likeness (QED) is 0.593.